The molecule has 0 atom stereocenters. The molecule has 1 aliphatic rings. The number of nitrogens with zero attached hydrogens (tertiary/aromatic N) is 3. The van der Waals surface area contributed by atoms with E-state index in [0.717, 1.165) is 25.9 Å². The molecule has 1 saturated heterocycles. The first-order chi connectivity index (χ1) is 8.09. The molecule has 0 amide bonds. The third-order valence-electron chi connectivity index (χ3n) is 2.95. The van der Waals surface area contributed by atoms with Crippen molar-refractivity contribution < 1.29 is 9.90 Å². The Morgan fingerprint density at radius 3 is 2.59 bits per heavy atom. The number of carboxylic acids is 1. The van der Waals surface area contributed by atoms with Crippen LogP contribution in [0.1, 0.15) is 48.9 Å². The average molecular weight is 235 g/mol. The first kappa shape index (κ1) is 11.8. The van der Waals surface area contributed by atoms with Gasteiger partial charge in [0.2, 0.25) is 0 Å². The molecule has 1 aliphatic heterocycles. The van der Waals surface area contributed by atoms with E-state index in [1.165, 1.54) is 0 Å². The quantitative estimate of drug-likeness (QED) is 0.866. The van der Waals surface area contributed by atoms with E-state index in [2.05, 4.69) is 9.97 Å². The Morgan fingerprint density at radius 1 is 1.41 bits per heavy atom. The Bertz CT molecular complexity index is 426. The Balaban J connectivity index is 2.40. The highest BCUT2D eigenvalue weighted by Gasteiger charge is 2.22. The predicted molar refractivity (Wildman–Crippen MR) is 64.5 cm³/mol. The molecule has 2 rings (SSSR count). The fourth-order valence-electron chi connectivity index (χ4n) is 2.01. The maximum Gasteiger partial charge on any atom is 0.356 e. The van der Waals surface area contributed by atoms with Crippen LogP contribution in [0.4, 0.5) is 5.69 Å². The van der Waals surface area contributed by atoms with Gasteiger partial charge >= 0.3 is 5.97 Å². The maximum absolute atomic E-state index is 11.2. The molecule has 0 saturated carbocycles. The van der Waals surface area contributed by atoms with Gasteiger partial charge in [0.05, 0.1) is 11.9 Å². The molecular weight excluding hydrogens is 218 g/mol. The smallest absolute Gasteiger partial charge is 0.356 e. The third-order valence-corrected chi connectivity index (χ3v) is 2.95. The molecule has 1 aromatic rings. The number of hydrogen-bond acceptors (Lipinski definition) is 4. The molecule has 0 unspecified atom stereocenters. The molecule has 17 heavy (non-hydrogen) atoms. The fraction of sp³-hybridized carbons (Fsp3) is 0.583. The number of anilines is 1. The SMILES string of the molecule is CC(C)c1ncc(N2CCCC2)c(C(=O)O)n1. The van der Waals surface area contributed by atoms with E-state index in [1.807, 2.05) is 18.7 Å². The van der Waals surface area contributed by atoms with Crippen LogP contribution >= 0.6 is 0 Å². The standard InChI is InChI=1S/C12H17N3O2/c1-8(2)11-13-7-9(10(14-11)12(16)17)15-5-3-4-6-15/h7-8H,3-6H2,1-2H3,(H,16,17). The van der Waals surface area contributed by atoms with Crippen molar-refractivity contribution in [2.45, 2.75) is 32.6 Å². The van der Waals surface area contributed by atoms with Gasteiger partial charge in [0, 0.05) is 19.0 Å². The minimum absolute atomic E-state index is 0.130. The maximum atomic E-state index is 11.2. The van der Waals surface area contributed by atoms with E-state index >= 15 is 0 Å². The van der Waals surface area contributed by atoms with E-state index in [4.69, 9.17) is 0 Å². The highest BCUT2D eigenvalue weighted by molar-refractivity contribution is 5.92. The van der Waals surface area contributed by atoms with Gasteiger partial charge in [0.15, 0.2) is 5.69 Å². The van der Waals surface area contributed by atoms with Crippen LogP contribution in [0.5, 0.6) is 0 Å². The van der Waals surface area contributed by atoms with Gasteiger partial charge in [-0.05, 0) is 12.8 Å². The molecule has 0 bridgehead atoms. The van der Waals surface area contributed by atoms with Crippen LogP contribution < -0.4 is 4.90 Å². The van der Waals surface area contributed by atoms with Gasteiger partial charge < -0.3 is 10.0 Å². The molecular formula is C12H17N3O2. The summed E-state index contributed by atoms with van der Waals surface area (Å²) in [6.07, 6.45) is 3.85. The van der Waals surface area contributed by atoms with Crippen molar-refractivity contribution in [1.82, 2.24) is 9.97 Å². The van der Waals surface area contributed by atoms with Crippen LogP contribution in [0.15, 0.2) is 6.20 Å². The van der Waals surface area contributed by atoms with E-state index in [1.54, 1.807) is 6.20 Å². The average Bonchev–Trinajstić information content (AvgIpc) is 2.81. The van der Waals surface area contributed by atoms with Gasteiger partial charge in [0.25, 0.3) is 0 Å². The second-order valence-electron chi connectivity index (χ2n) is 4.62. The molecule has 0 aliphatic carbocycles. The lowest BCUT2D eigenvalue weighted by Gasteiger charge is -2.19. The monoisotopic (exact) mass is 235 g/mol. The van der Waals surface area contributed by atoms with Crippen LogP contribution in [0.25, 0.3) is 0 Å². The summed E-state index contributed by atoms with van der Waals surface area (Å²) in [5, 5.41) is 9.22. The minimum atomic E-state index is -0.976. The number of aromatic nitrogens is 2. The summed E-state index contributed by atoms with van der Waals surface area (Å²) in [7, 11) is 0. The summed E-state index contributed by atoms with van der Waals surface area (Å²) in [6.45, 7) is 5.70. The normalized spacial score (nSPS) is 15.6. The van der Waals surface area contributed by atoms with Gasteiger partial charge in [0.1, 0.15) is 5.82 Å². The van der Waals surface area contributed by atoms with Crippen molar-refractivity contribution >= 4 is 11.7 Å². The van der Waals surface area contributed by atoms with Gasteiger partial charge in [-0.25, -0.2) is 14.8 Å². The summed E-state index contributed by atoms with van der Waals surface area (Å²) in [5.41, 5.74) is 0.782. The number of carbonyl (C=O) groups is 1. The zero-order valence-corrected chi connectivity index (χ0v) is 10.2. The lowest BCUT2D eigenvalue weighted by molar-refractivity contribution is 0.0690. The van der Waals surface area contributed by atoms with Gasteiger partial charge in [-0.15, -0.1) is 0 Å². The van der Waals surface area contributed by atoms with Crippen molar-refractivity contribution in [3.63, 3.8) is 0 Å². The first-order valence-electron chi connectivity index (χ1n) is 5.94. The van der Waals surface area contributed by atoms with Crippen LogP contribution in [-0.2, 0) is 0 Å². The van der Waals surface area contributed by atoms with E-state index < -0.39 is 5.97 Å². The fourth-order valence-corrected chi connectivity index (χ4v) is 2.01. The lowest BCUT2D eigenvalue weighted by atomic mass is 10.2. The first-order valence-corrected chi connectivity index (χ1v) is 5.94. The molecule has 5 heteroatoms. The Labute approximate surface area is 100 Å². The largest absolute Gasteiger partial charge is 0.476 e. The summed E-state index contributed by atoms with van der Waals surface area (Å²) in [6, 6.07) is 0. The molecule has 0 spiro atoms. The van der Waals surface area contributed by atoms with Gasteiger partial charge in [-0.1, -0.05) is 13.8 Å². The molecule has 5 nitrogen and oxygen atoms in total. The van der Waals surface area contributed by atoms with Crippen LogP contribution in [0, 0.1) is 0 Å². The van der Waals surface area contributed by atoms with Crippen LogP contribution in [0.3, 0.4) is 0 Å². The number of aromatic carboxylic acids is 1. The number of hydrogen-bond donors (Lipinski definition) is 1. The highest BCUT2D eigenvalue weighted by Crippen LogP contribution is 2.24. The van der Waals surface area contributed by atoms with E-state index in [0.29, 0.717) is 11.5 Å². The van der Waals surface area contributed by atoms with E-state index in [9.17, 15) is 9.90 Å². The summed E-state index contributed by atoms with van der Waals surface area (Å²) < 4.78 is 0. The second-order valence-corrected chi connectivity index (χ2v) is 4.62. The zero-order valence-electron chi connectivity index (χ0n) is 10.2. The molecule has 1 aromatic heterocycles. The Kier molecular flexibility index (Phi) is 3.26. The van der Waals surface area contributed by atoms with Crippen molar-refractivity contribution in [2.24, 2.45) is 0 Å². The Hall–Kier alpha value is -1.65. The summed E-state index contributed by atoms with van der Waals surface area (Å²) >= 11 is 0. The van der Waals surface area contributed by atoms with Crippen molar-refractivity contribution in [1.29, 1.82) is 0 Å². The Morgan fingerprint density at radius 2 is 2.06 bits per heavy atom. The van der Waals surface area contributed by atoms with E-state index in [-0.39, 0.29) is 11.6 Å². The number of carboxylic acid groups (broad SMARTS) is 1. The minimum Gasteiger partial charge on any atom is -0.476 e. The highest BCUT2D eigenvalue weighted by atomic mass is 16.4. The number of rotatable bonds is 3. The third kappa shape index (κ3) is 2.38. The predicted octanol–water partition coefficient (Wildman–Crippen LogP) is 1.90. The second kappa shape index (κ2) is 4.69. The van der Waals surface area contributed by atoms with Gasteiger partial charge in [-0.2, -0.15) is 0 Å². The topological polar surface area (TPSA) is 66.3 Å². The zero-order chi connectivity index (χ0) is 12.4. The lowest BCUT2D eigenvalue weighted by Crippen LogP contribution is -2.22. The molecule has 0 radical (unpaired) electrons. The van der Waals surface area contributed by atoms with Crippen molar-refractivity contribution in [2.75, 3.05) is 18.0 Å². The molecule has 0 aromatic carbocycles. The molecule has 1 fully saturated rings. The van der Waals surface area contributed by atoms with Crippen molar-refractivity contribution in [3.05, 3.63) is 17.7 Å². The molecule has 92 valence electrons. The van der Waals surface area contributed by atoms with Crippen LogP contribution in [0.2, 0.25) is 0 Å². The molecule has 1 N–H and O–H groups in total. The van der Waals surface area contributed by atoms with Crippen molar-refractivity contribution in [3.8, 4) is 0 Å². The van der Waals surface area contributed by atoms with Gasteiger partial charge in [-0.3, -0.25) is 0 Å². The molecule has 2 heterocycles. The summed E-state index contributed by atoms with van der Waals surface area (Å²) in [4.78, 5) is 21.7. The summed E-state index contributed by atoms with van der Waals surface area (Å²) in [5.74, 6) is -0.248. The van der Waals surface area contributed by atoms with Crippen LogP contribution in [-0.4, -0.2) is 34.1 Å².